The van der Waals surface area contributed by atoms with Gasteiger partial charge in [0.1, 0.15) is 6.54 Å². The molecule has 0 unspecified atom stereocenters. The summed E-state index contributed by atoms with van der Waals surface area (Å²) in [6, 6.07) is 7.91. The van der Waals surface area contributed by atoms with Gasteiger partial charge in [-0.2, -0.15) is 0 Å². The Morgan fingerprint density at radius 1 is 1.27 bits per heavy atom. The smallest absolute Gasteiger partial charge is 0.246 e. The molecule has 2 rings (SSSR count). The van der Waals surface area contributed by atoms with Gasteiger partial charge >= 0.3 is 0 Å². The molecule has 3 N–H and O–H groups in total. The van der Waals surface area contributed by atoms with Crippen LogP contribution in [0.25, 0.3) is 0 Å². The van der Waals surface area contributed by atoms with Gasteiger partial charge in [0, 0.05) is 18.8 Å². The summed E-state index contributed by atoms with van der Waals surface area (Å²) < 4.78 is 0. The summed E-state index contributed by atoms with van der Waals surface area (Å²) in [4.78, 5) is 16.3. The van der Waals surface area contributed by atoms with Crippen LogP contribution in [0.2, 0.25) is 0 Å². The van der Waals surface area contributed by atoms with Gasteiger partial charge in [0.15, 0.2) is 5.96 Å². The molecule has 1 aliphatic rings. The summed E-state index contributed by atoms with van der Waals surface area (Å²) in [6.45, 7) is 5.96. The number of carbonyl (C=O) groups is 1. The van der Waals surface area contributed by atoms with Gasteiger partial charge in [0.25, 0.3) is 0 Å². The molecule has 5 nitrogen and oxygen atoms in total. The molecule has 1 aliphatic carbocycles. The number of hydrogen-bond donors (Lipinski definition) is 3. The molecule has 120 valence electrons. The van der Waals surface area contributed by atoms with Crippen LogP contribution in [0.1, 0.15) is 32.3 Å². The number of guanidine groups is 1. The van der Waals surface area contributed by atoms with Crippen LogP contribution in [0.3, 0.4) is 0 Å². The lowest BCUT2D eigenvalue weighted by Crippen LogP contribution is -2.39. The summed E-state index contributed by atoms with van der Waals surface area (Å²) in [6.07, 6.45) is 3.54. The van der Waals surface area contributed by atoms with Crippen LogP contribution in [-0.4, -0.2) is 31.5 Å². The summed E-state index contributed by atoms with van der Waals surface area (Å²) in [5.41, 5.74) is 2.04. The van der Waals surface area contributed by atoms with Gasteiger partial charge in [0.05, 0.1) is 0 Å². The van der Waals surface area contributed by atoms with E-state index in [9.17, 15) is 4.79 Å². The predicted octanol–water partition coefficient (Wildman–Crippen LogP) is 2.15. The molecule has 0 heterocycles. The van der Waals surface area contributed by atoms with E-state index < -0.39 is 0 Å². The van der Waals surface area contributed by atoms with Crippen molar-refractivity contribution >= 4 is 17.6 Å². The molecule has 0 radical (unpaired) electrons. The summed E-state index contributed by atoms with van der Waals surface area (Å²) in [5, 5.41) is 9.33. The van der Waals surface area contributed by atoms with Crippen molar-refractivity contribution in [2.24, 2.45) is 10.9 Å². The number of aryl methyl sites for hydroxylation is 1. The number of rotatable bonds is 7. The third-order valence-electron chi connectivity index (χ3n) is 3.60. The summed E-state index contributed by atoms with van der Waals surface area (Å²) >= 11 is 0. The molecule has 0 atom stereocenters. The topological polar surface area (TPSA) is 65.5 Å². The monoisotopic (exact) mass is 302 g/mol. The lowest BCUT2D eigenvalue weighted by molar-refractivity contribution is -0.114. The number of anilines is 1. The molecule has 1 saturated carbocycles. The number of carbonyl (C=O) groups excluding carboxylic acids is 1. The van der Waals surface area contributed by atoms with E-state index in [4.69, 9.17) is 0 Å². The Labute approximate surface area is 132 Å². The van der Waals surface area contributed by atoms with Gasteiger partial charge in [0.2, 0.25) is 5.91 Å². The van der Waals surface area contributed by atoms with E-state index in [-0.39, 0.29) is 12.5 Å². The number of nitrogens with zero attached hydrogens (tertiary/aromatic N) is 1. The van der Waals surface area contributed by atoms with Crippen molar-refractivity contribution in [2.45, 2.75) is 33.1 Å². The van der Waals surface area contributed by atoms with Crippen molar-refractivity contribution in [3.63, 3.8) is 0 Å². The van der Waals surface area contributed by atoms with Crippen molar-refractivity contribution in [3.8, 4) is 0 Å². The Hall–Kier alpha value is -2.04. The maximum absolute atomic E-state index is 12.0. The summed E-state index contributed by atoms with van der Waals surface area (Å²) in [5.74, 6) is 1.39. The minimum Gasteiger partial charge on any atom is -0.357 e. The molecule has 0 aromatic heterocycles. The fourth-order valence-electron chi connectivity index (χ4n) is 2.13. The second kappa shape index (κ2) is 8.41. The average molecular weight is 302 g/mol. The first-order chi connectivity index (χ1) is 10.7. The Kier molecular flexibility index (Phi) is 6.25. The maximum atomic E-state index is 12.0. The van der Waals surface area contributed by atoms with Crippen LogP contribution in [0.15, 0.2) is 29.3 Å². The van der Waals surface area contributed by atoms with Crippen molar-refractivity contribution in [3.05, 3.63) is 29.8 Å². The molecule has 22 heavy (non-hydrogen) atoms. The second-order valence-electron chi connectivity index (χ2n) is 5.62. The zero-order valence-corrected chi connectivity index (χ0v) is 13.5. The fourth-order valence-corrected chi connectivity index (χ4v) is 2.13. The van der Waals surface area contributed by atoms with E-state index in [0.717, 1.165) is 31.1 Å². The molecule has 0 saturated heterocycles. The Balaban J connectivity index is 1.83. The SMILES string of the molecule is CCNC(=NCC(=O)Nc1cccc(CC)c1)NCC1CC1. The normalized spacial score (nSPS) is 14.5. The highest BCUT2D eigenvalue weighted by molar-refractivity contribution is 5.94. The van der Waals surface area contributed by atoms with E-state index in [1.807, 2.05) is 25.1 Å². The molecular weight excluding hydrogens is 276 g/mol. The van der Waals surface area contributed by atoms with Crippen molar-refractivity contribution in [1.82, 2.24) is 10.6 Å². The lowest BCUT2D eigenvalue weighted by atomic mass is 10.1. The quantitative estimate of drug-likeness (QED) is 0.534. The van der Waals surface area contributed by atoms with Gasteiger partial charge in [-0.05, 0) is 49.8 Å². The number of aliphatic imine (C=N–C) groups is 1. The lowest BCUT2D eigenvalue weighted by Gasteiger charge is -2.11. The Morgan fingerprint density at radius 3 is 2.77 bits per heavy atom. The predicted molar refractivity (Wildman–Crippen MR) is 91.2 cm³/mol. The van der Waals surface area contributed by atoms with Crippen LogP contribution >= 0.6 is 0 Å². The van der Waals surface area contributed by atoms with Gasteiger partial charge in [-0.1, -0.05) is 19.1 Å². The zero-order chi connectivity index (χ0) is 15.8. The molecule has 1 fully saturated rings. The minimum absolute atomic E-state index is 0.100. The van der Waals surface area contributed by atoms with E-state index in [1.54, 1.807) is 0 Å². The van der Waals surface area contributed by atoms with E-state index >= 15 is 0 Å². The Bertz CT molecular complexity index is 523. The third kappa shape index (κ3) is 5.76. The number of amides is 1. The maximum Gasteiger partial charge on any atom is 0.246 e. The van der Waals surface area contributed by atoms with E-state index in [0.29, 0.717) is 5.96 Å². The molecular formula is C17H26N4O. The van der Waals surface area contributed by atoms with Crippen LogP contribution < -0.4 is 16.0 Å². The van der Waals surface area contributed by atoms with Crippen LogP contribution in [0, 0.1) is 5.92 Å². The highest BCUT2D eigenvalue weighted by atomic mass is 16.1. The van der Waals surface area contributed by atoms with Crippen molar-refractivity contribution in [2.75, 3.05) is 25.0 Å². The van der Waals surface area contributed by atoms with Crippen LogP contribution in [-0.2, 0) is 11.2 Å². The average Bonchev–Trinajstić information content (AvgIpc) is 3.34. The van der Waals surface area contributed by atoms with E-state index in [2.05, 4.69) is 33.9 Å². The standard InChI is InChI=1S/C17H26N4O/c1-3-13-6-5-7-15(10-13)21-16(22)12-20-17(18-4-2)19-11-14-8-9-14/h5-7,10,14H,3-4,8-9,11-12H2,1-2H3,(H,21,22)(H2,18,19,20). The van der Waals surface area contributed by atoms with Crippen LogP contribution in [0.4, 0.5) is 5.69 Å². The number of benzene rings is 1. The van der Waals surface area contributed by atoms with Crippen molar-refractivity contribution in [1.29, 1.82) is 0 Å². The highest BCUT2D eigenvalue weighted by Gasteiger charge is 2.21. The fraction of sp³-hybridized carbons (Fsp3) is 0.529. The number of hydrogen-bond acceptors (Lipinski definition) is 2. The Morgan fingerprint density at radius 2 is 2.09 bits per heavy atom. The highest BCUT2D eigenvalue weighted by Crippen LogP contribution is 2.27. The zero-order valence-electron chi connectivity index (χ0n) is 13.5. The molecule has 1 amide bonds. The van der Waals surface area contributed by atoms with Gasteiger partial charge in [-0.15, -0.1) is 0 Å². The third-order valence-corrected chi connectivity index (χ3v) is 3.60. The molecule has 0 bridgehead atoms. The van der Waals surface area contributed by atoms with E-state index in [1.165, 1.54) is 18.4 Å². The molecule has 5 heteroatoms. The second-order valence-corrected chi connectivity index (χ2v) is 5.62. The first-order valence-corrected chi connectivity index (χ1v) is 8.12. The first kappa shape index (κ1) is 16.3. The van der Waals surface area contributed by atoms with Gasteiger partial charge < -0.3 is 16.0 Å². The molecule has 1 aromatic carbocycles. The minimum atomic E-state index is -0.100. The van der Waals surface area contributed by atoms with Crippen molar-refractivity contribution < 1.29 is 4.79 Å². The summed E-state index contributed by atoms with van der Waals surface area (Å²) in [7, 11) is 0. The van der Waals surface area contributed by atoms with Gasteiger partial charge in [-0.3, -0.25) is 4.79 Å². The molecule has 0 spiro atoms. The largest absolute Gasteiger partial charge is 0.357 e. The molecule has 1 aromatic rings. The molecule has 0 aliphatic heterocycles. The first-order valence-electron chi connectivity index (χ1n) is 8.12. The number of nitrogens with one attached hydrogen (secondary N) is 3. The van der Waals surface area contributed by atoms with Crippen LogP contribution in [0.5, 0.6) is 0 Å². The van der Waals surface area contributed by atoms with Gasteiger partial charge in [-0.25, -0.2) is 4.99 Å².